The van der Waals surface area contributed by atoms with Crippen LogP contribution in [0.5, 0.6) is 0 Å². The molecule has 0 aromatic carbocycles. The molecule has 0 aliphatic rings. The number of aromatic nitrogens is 6. The Morgan fingerprint density at radius 2 is 1.42 bits per heavy atom. The first-order chi connectivity index (χ1) is 17.6. The minimum absolute atomic E-state index is 0.0130. The summed E-state index contributed by atoms with van der Waals surface area (Å²) in [5, 5.41) is 12.9. The molecule has 0 atom stereocenters. The van der Waals surface area contributed by atoms with Gasteiger partial charge < -0.3 is 10.4 Å². The molecule has 198 valence electrons. The highest BCUT2D eigenvalue weighted by Crippen LogP contribution is 2.32. The zero-order chi connectivity index (χ0) is 27.9. The number of hydrogen-bond acceptors (Lipinski definition) is 8. The summed E-state index contributed by atoms with van der Waals surface area (Å²) in [6, 6.07) is 7.80. The van der Waals surface area contributed by atoms with Crippen LogP contribution in [-0.2, 0) is 18.0 Å². The fraction of sp³-hybridized carbons (Fsp3) is 0.217. The fourth-order valence-corrected chi connectivity index (χ4v) is 3.34. The minimum Gasteiger partial charge on any atom is -0.386 e. The SMILES string of the molecule is CC(C)(O)c1cc(Cl)nc(-c2nc(Nc3ccnc(C(F)(F)F)c3)nc(-c3cccc(C(F)(F)F)n3)n2)c1. The molecule has 0 spiro atoms. The van der Waals surface area contributed by atoms with Crippen LogP contribution in [-0.4, -0.2) is 35.0 Å². The smallest absolute Gasteiger partial charge is 0.386 e. The number of rotatable bonds is 5. The normalized spacial score (nSPS) is 12.5. The van der Waals surface area contributed by atoms with Gasteiger partial charge >= 0.3 is 12.4 Å². The zero-order valence-corrected chi connectivity index (χ0v) is 20.2. The first-order valence-corrected chi connectivity index (χ1v) is 11.0. The Balaban J connectivity index is 1.88. The Morgan fingerprint density at radius 1 is 0.763 bits per heavy atom. The highest BCUT2D eigenvalue weighted by Gasteiger charge is 2.33. The van der Waals surface area contributed by atoms with Gasteiger partial charge in [0.05, 0.1) is 5.60 Å². The highest BCUT2D eigenvalue weighted by molar-refractivity contribution is 6.29. The third-order valence-corrected chi connectivity index (χ3v) is 5.13. The van der Waals surface area contributed by atoms with E-state index < -0.39 is 29.3 Å². The van der Waals surface area contributed by atoms with E-state index in [2.05, 4.69) is 35.2 Å². The molecular formula is C23H16ClF6N7O. The number of nitrogens with zero attached hydrogens (tertiary/aromatic N) is 6. The molecule has 0 amide bonds. The first-order valence-electron chi connectivity index (χ1n) is 10.6. The Labute approximate surface area is 215 Å². The second kappa shape index (κ2) is 9.76. The Morgan fingerprint density at radius 3 is 2.05 bits per heavy atom. The molecule has 4 heterocycles. The lowest BCUT2D eigenvalue weighted by molar-refractivity contribution is -0.141. The van der Waals surface area contributed by atoms with Crippen LogP contribution in [0.1, 0.15) is 30.8 Å². The molecule has 0 aliphatic carbocycles. The molecule has 0 aliphatic heterocycles. The third kappa shape index (κ3) is 6.31. The lowest BCUT2D eigenvalue weighted by Gasteiger charge is -2.18. The zero-order valence-electron chi connectivity index (χ0n) is 19.4. The van der Waals surface area contributed by atoms with E-state index in [1.165, 1.54) is 38.1 Å². The fourth-order valence-electron chi connectivity index (χ4n) is 3.14. The van der Waals surface area contributed by atoms with Gasteiger partial charge in [-0.2, -0.15) is 36.3 Å². The van der Waals surface area contributed by atoms with Gasteiger partial charge in [-0.15, -0.1) is 0 Å². The van der Waals surface area contributed by atoms with Crippen LogP contribution in [0.15, 0.2) is 48.7 Å². The van der Waals surface area contributed by atoms with Crippen molar-refractivity contribution in [1.29, 1.82) is 0 Å². The molecule has 2 N–H and O–H groups in total. The van der Waals surface area contributed by atoms with Crippen LogP contribution in [0.3, 0.4) is 0 Å². The van der Waals surface area contributed by atoms with Gasteiger partial charge in [0.2, 0.25) is 5.95 Å². The monoisotopic (exact) mass is 555 g/mol. The highest BCUT2D eigenvalue weighted by atomic mass is 35.5. The van der Waals surface area contributed by atoms with Crippen molar-refractivity contribution in [2.24, 2.45) is 0 Å². The maximum Gasteiger partial charge on any atom is 0.433 e. The maximum atomic E-state index is 13.3. The number of nitrogens with one attached hydrogen (secondary N) is 1. The Kier molecular flexibility index (Phi) is 6.97. The Bertz CT molecular complexity index is 1490. The van der Waals surface area contributed by atoms with Gasteiger partial charge in [0.15, 0.2) is 11.6 Å². The quantitative estimate of drug-likeness (QED) is 0.226. The molecule has 8 nitrogen and oxygen atoms in total. The summed E-state index contributed by atoms with van der Waals surface area (Å²) in [5.74, 6) is -0.856. The summed E-state index contributed by atoms with van der Waals surface area (Å²) in [7, 11) is 0. The van der Waals surface area contributed by atoms with E-state index in [4.69, 9.17) is 11.6 Å². The number of halogens is 7. The molecule has 0 unspecified atom stereocenters. The molecule has 15 heteroatoms. The predicted octanol–water partition coefficient (Wildman–Crippen LogP) is 6.05. The Hall–Kier alpha value is -3.91. The summed E-state index contributed by atoms with van der Waals surface area (Å²) in [5.41, 5.74) is -3.82. The standard InChI is InChI=1S/C23H16ClF6N7O/c1-21(2,38)11-8-14(34-17(24)9-11)19-35-18(13-4-3-5-15(33-13)22(25,26)27)36-20(37-19)32-12-6-7-31-16(10-12)23(28,29)30/h3-10,38H,1-2H3,(H,31,32,35,36,37). The van der Waals surface area contributed by atoms with E-state index in [1.807, 2.05) is 0 Å². The number of aliphatic hydroxyl groups is 1. The van der Waals surface area contributed by atoms with Crippen LogP contribution < -0.4 is 5.32 Å². The van der Waals surface area contributed by atoms with E-state index in [1.54, 1.807) is 0 Å². The number of alkyl halides is 6. The van der Waals surface area contributed by atoms with Gasteiger partial charge in [-0.25, -0.2) is 15.0 Å². The average Bonchev–Trinajstić information content (AvgIpc) is 2.82. The van der Waals surface area contributed by atoms with E-state index >= 15 is 0 Å². The van der Waals surface area contributed by atoms with Crippen LogP contribution in [0, 0.1) is 0 Å². The predicted molar refractivity (Wildman–Crippen MR) is 124 cm³/mol. The van der Waals surface area contributed by atoms with Crippen LogP contribution >= 0.6 is 11.6 Å². The molecule has 0 radical (unpaired) electrons. The van der Waals surface area contributed by atoms with Crippen LogP contribution in [0.4, 0.5) is 38.0 Å². The molecule has 4 aromatic rings. The van der Waals surface area contributed by atoms with Crippen molar-refractivity contribution in [2.45, 2.75) is 31.8 Å². The maximum absolute atomic E-state index is 13.3. The van der Waals surface area contributed by atoms with Gasteiger partial charge in [-0.1, -0.05) is 17.7 Å². The molecule has 4 rings (SSSR count). The summed E-state index contributed by atoms with van der Waals surface area (Å²) in [6.45, 7) is 2.98. The van der Waals surface area contributed by atoms with Crippen molar-refractivity contribution in [1.82, 2.24) is 29.9 Å². The molecule has 0 bridgehead atoms. The molecule has 4 aromatic heterocycles. The number of hydrogen-bond donors (Lipinski definition) is 2. The van der Waals surface area contributed by atoms with Gasteiger partial charge in [0, 0.05) is 11.9 Å². The topological polar surface area (TPSA) is 110 Å². The van der Waals surface area contributed by atoms with Crippen molar-refractivity contribution >= 4 is 23.2 Å². The van der Waals surface area contributed by atoms with Crippen LogP contribution in [0.2, 0.25) is 5.15 Å². The first kappa shape index (κ1) is 27.1. The van der Waals surface area contributed by atoms with Gasteiger partial charge in [-0.05, 0) is 55.8 Å². The van der Waals surface area contributed by atoms with Gasteiger partial charge in [0.25, 0.3) is 0 Å². The lowest BCUT2D eigenvalue weighted by atomic mass is 9.99. The van der Waals surface area contributed by atoms with Gasteiger partial charge in [-0.3, -0.25) is 4.98 Å². The number of anilines is 2. The van der Waals surface area contributed by atoms with E-state index in [9.17, 15) is 31.4 Å². The van der Waals surface area contributed by atoms with E-state index in [-0.39, 0.29) is 39.8 Å². The van der Waals surface area contributed by atoms with E-state index in [0.717, 1.165) is 18.3 Å². The second-order valence-electron chi connectivity index (χ2n) is 8.39. The second-order valence-corrected chi connectivity index (χ2v) is 8.77. The van der Waals surface area contributed by atoms with Crippen molar-refractivity contribution in [3.05, 3.63) is 70.8 Å². The van der Waals surface area contributed by atoms with Gasteiger partial charge in [0.1, 0.15) is 27.9 Å². The summed E-state index contributed by atoms with van der Waals surface area (Å²) >= 11 is 6.10. The average molecular weight is 556 g/mol. The summed E-state index contributed by atoms with van der Waals surface area (Å²) in [4.78, 5) is 23.4. The van der Waals surface area contributed by atoms with Crippen molar-refractivity contribution in [3.63, 3.8) is 0 Å². The summed E-state index contributed by atoms with van der Waals surface area (Å²) < 4.78 is 79.1. The molecule has 38 heavy (non-hydrogen) atoms. The van der Waals surface area contributed by atoms with Crippen molar-refractivity contribution < 1.29 is 31.4 Å². The van der Waals surface area contributed by atoms with E-state index in [0.29, 0.717) is 11.6 Å². The number of pyridine rings is 3. The van der Waals surface area contributed by atoms with Crippen molar-refractivity contribution in [3.8, 4) is 23.0 Å². The largest absolute Gasteiger partial charge is 0.433 e. The molecule has 0 saturated carbocycles. The van der Waals surface area contributed by atoms with Crippen LogP contribution in [0.25, 0.3) is 23.0 Å². The molecular weight excluding hydrogens is 540 g/mol. The molecule has 0 saturated heterocycles. The van der Waals surface area contributed by atoms with Crippen molar-refractivity contribution in [2.75, 3.05) is 5.32 Å². The summed E-state index contributed by atoms with van der Waals surface area (Å²) in [6.07, 6.45) is -8.57. The minimum atomic E-state index is -4.76. The lowest BCUT2D eigenvalue weighted by Crippen LogP contribution is -2.16. The third-order valence-electron chi connectivity index (χ3n) is 4.94. The molecule has 0 fully saturated rings.